The van der Waals surface area contributed by atoms with Crippen molar-refractivity contribution in [3.05, 3.63) is 0 Å². The minimum absolute atomic E-state index is 0.101. The number of nitrogens with one attached hydrogen (secondary N) is 1. The zero-order valence-electron chi connectivity index (χ0n) is 36.9. The lowest BCUT2D eigenvalue weighted by atomic mass is 9.94. The second kappa shape index (κ2) is 26.0. The molecule has 404 valence electrons. The van der Waals surface area contributed by atoms with Crippen LogP contribution in [-0.2, 0) is 66.7 Å². The van der Waals surface area contributed by atoms with Crippen LogP contribution in [0.4, 0.5) is 0 Å². The Morgan fingerprint density at radius 1 is 0.493 bits per heavy atom. The summed E-state index contributed by atoms with van der Waals surface area (Å²) >= 11 is 0. The summed E-state index contributed by atoms with van der Waals surface area (Å²) in [6.45, 7) is -3.33. The summed E-state index contributed by atoms with van der Waals surface area (Å²) in [4.78, 5) is 12.5. The van der Waals surface area contributed by atoms with Gasteiger partial charge in [-0.3, -0.25) is 9.35 Å². The molecule has 1 amide bonds. The van der Waals surface area contributed by atoms with Crippen molar-refractivity contribution in [3.63, 3.8) is 0 Å². The van der Waals surface area contributed by atoms with E-state index in [1.807, 2.05) is 0 Å². The molecule has 0 bridgehead atoms. The minimum Gasteiger partial charge on any atom is -0.394 e. The van der Waals surface area contributed by atoms with Crippen LogP contribution >= 0.6 is 0 Å². The monoisotopic (exact) mass is 1030 g/mol. The van der Waals surface area contributed by atoms with Crippen molar-refractivity contribution in [2.24, 2.45) is 5.73 Å². The Balaban J connectivity index is 1.33. The number of ether oxygens (including phenoxy) is 10. The van der Waals surface area contributed by atoms with Gasteiger partial charge in [-0.05, 0) is 25.8 Å². The van der Waals surface area contributed by atoms with Gasteiger partial charge in [-0.2, -0.15) is 8.42 Å². The van der Waals surface area contributed by atoms with E-state index in [4.69, 9.17) is 53.1 Å². The lowest BCUT2D eigenvalue weighted by molar-refractivity contribution is -0.387. The summed E-state index contributed by atoms with van der Waals surface area (Å²) in [6.07, 6.45) is -44.0. The summed E-state index contributed by atoms with van der Waals surface area (Å²) in [5, 5.41) is 153. The molecule has 0 unspecified atom stereocenters. The van der Waals surface area contributed by atoms with Crippen LogP contribution in [0.25, 0.3) is 0 Å². The molecule has 25 atom stereocenters. The Morgan fingerprint density at radius 2 is 0.884 bits per heavy atom. The molecule has 5 heterocycles. The molecule has 31 nitrogen and oxygen atoms in total. The zero-order valence-corrected chi connectivity index (χ0v) is 37.7. The van der Waals surface area contributed by atoms with Crippen LogP contribution in [-0.4, -0.2) is 290 Å². The van der Waals surface area contributed by atoms with Crippen LogP contribution in [0.15, 0.2) is 0 Å². The molecule has 0 aromatic rings. The molecular weight excluding hydrogens is 968 g/mol. The number of rotatable bonds is 22. The van der Waals surface area contributed by atoms with Gasteiger partial charge in [0.25, 0.3) is 0 Å². The third-order valence-corrected chi connectivity index (χ3v) is 12.5. The number of amides is 1. The van der Waals surface area contributed by atoms with Gasteiger partial charge in [0.05, 0.1) is 33.0 Å². The van der Waals surface area contributed by atoms with E-state index in [1.54, 1.807) is 0 Å². The van der Waals surface area contributed by atoms with Gasteiger partial charge in [0, 0.05) is 13.5 Å². The average molecular weight is 1030 g/mol. The fourth-order valence-corrected chi connectivity index (χ4v) is 8.92. The maximum Gasteiger partial charge on any atom is 0.397 e. The second-order valence-corrected chi connectivity index (χ2v) is 17.9. The molecule has 32 heteroatoms. The van der Waals surface area contributed by atoms with E-state index in [9.17, 15) is 89.3 Å². The molecule has 5 fully saturated rings. The van der Waals surface area contributed by atoms with E-state index >= 15 is 0 Å². The molecule has 0 aromatic heterocycles. The summed E-state index contributed by atoms with van der Waals surface area (Å²) in [5.41, 5.74) is 5.50. The van der Waals surface area contributed by atoms with E-state index in [2.05, 4.69) is 9.50 Å². The Kier molecular flexibility index (Phi) is 22.0. The van der Waals surface area contributed by atoms with E-state index < -0.39 is 203 Å². The van der Waals surface area contributed by atoms with Crippen molar-refractivity contribution < 1.29 is 141 Å². The van der Waals surface area contributed by atoms with E-state index in [1.165, 1.54) is 0 Å². The molecule has 5 rings (SSSR count). The molecular formula is C37H66N2O29S. The number of aliphatic hydroxyl groups excluding tert-OH is 14. The number of nitrogens with two attached hydrogens (primary N) is 1. The number of carbonyl (C=O) groups is 1. The SMILES string of the molecule is CC(=O)N[C@H]1[C@H](O[C@H]2[C@@H](O)[C@@H](CO)O[C@@H](O[C@H]3[C@H](O)[C@@H](O)[C@H](OCCCCCN)O[C@@H]3CO)[C@@H]2O)O[C@H](CO)[C@@H](O[C@@H]2O[C@H](CO)[C@H](O)[C@H](O[C@@H]3O[C@H](CO)[C@@H](O)[C@H](OS(=O)(=O)O)[C@H]3O)[C@H]2O)[C@@H]1O. The minimum atomic E-state index is -5.36. The van der Waals surface area contributed by atoms with Crippen molar-refractivity contribution in [3.8, 4) is 0 Å². The van der Waals surface area contributed by atoms with Gasteiger partial charge >= 0.3 is 10.4 Å². The van der Waals surface area contributed by atoms with Gasteiger partial charge in [-0.15, -0.1) is 0 Å². The highest BCUT2D eigenvalue weighted by Gasteiger charge is 2.57. The van der Waals surface area contributed by atoms with Crippen LogP contribution in [0.5, 0.6) is 0 Å². The van der Waals surface area contributed by atoms with Gasteiger partial charge in [0.15, 0.2) is 31.5 Å². The van der Waals surface area contributed by atoms with Crippen molar-refractivity contribution in [1.29, 1.82) is 0 Å². The van der Waals surface area contributed by atoms with Crippen LogP contribution < -0.4 is 11.1 Å². The molecule has 0 aromatic carbocycles. The standard InChI is InChI=1S/C37H66N2O29S/c1-12(45)39-18-22(49)28(64-35-26(53)31(20(47)14(8-41)59-35)67-37-27(54)32(68-69(55,56)57)21(48)15(9-42)61-37)16(10-43)62-33(18)66-30-19(46)13(7-40)60-36(25(30)52)65-29-17(11-44)63-34(24(51)23(29)50)58-6-4-2-3-5-38/h13-37,40-44,46-54H,2-11,38H2,1H3,(H,39,45)(H,55,56,57)/t13-,14-,15-,16-,17-,18-,19+,20+,21-,22-,23-,24-,25-,26-,27-,28-,29-,30+,31+,32+,33+,34-,35+,36+,37+/m1/s1. The van der Waals surface area contributed by atoms with Crippen molar-refractivity contribution >= 4 is 16.3 Å². The maximum atomic E-state index is 12.5. The highest BCUT2D eigenvalue weighted by molar-refractivity contribution is 7.80. The fourth-order valence-electron chi connectivity index (χ4n) is 8.41. The van der Waals surface area contributed by atoms with E-state index in [-0.39, 0.29) is 6.61 Å². The molecule has 0 saturated carbocycles. The highest BCUT2D eigenvalue weighted by atomic mass is 32.3. The Bertz CT molecular complexity index is 1680. The lowest BCUT2D eigenvalue weighted by Crippen LogP contribution is -2.70. The zero-order chi connectivity index (χ0) is 51.1. The van der Waals surface area contributed by atoms with Gasteiger partial charge in [0.2, 0.25) is 5.91 Å². The first-order valence-corrected chi connectivity index (χ1v) is 23.3. The van der Waals surface area contributed by atoms with Crippen LogP contribution in [0.3, 0.4) is 0 Å². The first-order chi connectivity index (χ1) is 32.6. The lowest BCUT2D eigenvalue weighted by Gasteiger charge is -2.50. The predicted molar refractivity (Wildman–Crippen MR) is 215 cm³/mol. The Morgan fingerprint density at radius 3 is 1.32 bits per heavy atom. The van der Waals surface area contributed by atoms with Crippen LogP contribution in [0, 0.1) is 0 Å². The number of unbranched alkanes of at least 4 members (excludes halogenated alkanes) is 2. The molecule has 18 N–H and O–H groups in total. The average Bonchev–Trinajstić information content (AvgIpc) is 3.30. The summed E-state index contributed by atoms with van der Waals surface area (Å²) in [7, 11) is -5.36. The Labute approximate surface area is 393 Å². The molecule has 0 aliphatic carbocycles. The fraction of sp³-hybridized carbons (Fsp3) is 0.973. The number of aliphatic hydroxyl groups is 14. The molecule has 5 saturated heterocycles. The number of hydrogen-bond acceptors (Lipinski definition) is 29. The Hall–Kier alpha value is -1.66. The smallest absolute Gasteiger partial charge is 0.394 e. The quantitative estimate of drug-likeness (QED) is 0.0354. The van der Waals surface area contributed by atoms with Gasteiger partial charge in [-0.25, -0.2) is 4.18 Å². The van der Waals surface area contributed by atoms with Crippen molar-refractivity contribution in [2.75, 3.05) is 46.2 Å². The van der Waals surface area contributed by atoms with E-state index in [0.29, 0.717) is 25.8 Å². The highest BCUT2D eigenvalue weighted by Crippen LogP contribution is 2.36. The summed E-state index contributed by atoms with van der Waals surface area (Å²) in [6, 6.07) is -1.78. The van der Waals surface area contributed by atoms with Gasteiger partial charge < -0.3 is 130 Å². The third-order valence-electron chi connectivity index (χ3n) is 12.0. The number of carbonyl (C=O) groups excluding carboxylic acids is 1. The second-order valence-electron chi connectivity index (χ2n) is 16.9. The number of hydrogen-bond donors (Lipinski definition) is 17. The summed E-state index contributed by atoms with van der Waals surface area (Å²) in [5.74, 6) is -0.850. The topological polar surface area (TPSA) is 494 Å². The van der Waals surface area contributed by atoms with Crippen LogP contribution in [0.1, 0.15) is 26.2 Å². The first-order valence-electron chi connectivity index (χ1n) is 21.9. The molecule has 69 heavy (non-hydrogen) atoms. The maximum absolute atomic E-state index is 12.5. The first kappa shape index (κ1) is 58.2. The predicted octanol–water partition coefficient (Wildman–Crippen LogP) is -10.8. The third kappa shape index (κ3) is 13.9. The molecule has 5 aliphatic rings. The molecule has 0 spiro atoms. The summed E-state index contributed by atoms with van der Waals surface area (Å²) < 4.78 is 93.2. The normalized spacial score (nSPS) is 45.6. The van der Waals surface area contributed by atoms with Gasteiger partial charge in [0.1, 0.15) is 122 Å². The van der Waals surface area contributed by atoms with E-state index in [0.717, 1.165) is 6.92 Å². The molecule has 0 radical (unpaired) electrons. The van der Waals surface area contributed by atoms with Crippen LogP contribution in [0.2, 0.25) is 0 Å². The molecule has 5 aliphatic heterocycles. The van der Waals surface area contributed by atoms with Gasteiger partial charge in [-0.1, -0.05) is 0 Å². The van der Waals surface area contributed by atoms with Crippen molar-refractivity contribution in [1.82, 2.24) is 5.32 Å². The van der Waals surface area contributed by atoms with Crippen molar-refractivity contribution in [2.45, 2.75) is 180 Å². The largest absolute Gasteiger partial charge is 0.397 e.